The summed E-state index contributed by atoms with van der Waals surface area (Å²) in [6, 6.07) is 0.615. The molecule has 0 aromatic heterocycles. The molecule has 0 aromatic rings. The number of carbonyl (C=O) groups is 1. The van der Waals surface area contributed by atoms with Crippen molar-refractivity contribution < 1.29 is 14.6 Å². The van der Waals surface area contributed by atoms with Crippen LogP contribution in [0.15, 0.2) is 11.6 Å². The van der Waals surface area contributed by atoms with Crippen LogP contribution in [0.4, 0.5) is 0 Å². The normalized spacial score (nSPS) is 55.3. The van der Waals surface area contributed by atoms with Crippen molar-refractivity contribution in [2.45, 2.75) is 77.0 Å². The van der Waals surface area contributed by atoms with Gasteiger partial charge < -0.3 is 15.2 Å². The Morgan fingerprint density at radius 3 is 2.85 bits per heavy atom. The Labute approximate surface area is 156 Å². The van der Waals surface area contributed by atoms with Crippen LogP contribution in [0.25, 0.3) is 0 Å². The Balaban J connectivity index is 1.51. The fraction of sp³-hybridized carbons (Fsp3) is 0.864. The molecule has 1 heterocycles. The summed E-state index contributed by atoms with van der Waals surface area (Å²) < 4.78 is 5.68. The van der Waals surface area contributed by atoms with Crippen molar-refractivity contribution in [3.05, 3.63) is 11.6 Å². The minimum absolute atomic E-state index is 0.00572. The number of cyclic esters (lactones) is 1. The van der Waals surface area contributed by atoms with Gasteiger partial charge >= 0.3 is 5.97 Å². The monoisotopic (exact) mass is 359 g/mol. The number of aliphatic hydroxyl groups excluding tert-OH is 1. The van der Waals surface area contributed by atoms with E-state index in [1.807, 2.05) is 6.92 Å². The molecule has 5 aliphatic rings. The minimum Gasteiger partial charge on any atom is -0.462 e. The largest absolute Gasteiger partial charge is 0.462 e. The molecule has 4 aliphatic carbocycles. The van der Waals surface area contributed by atoms with Gasteiger partial charge in [0.05, 0.1) is 11.5 Å². The van der Waals surface area contributed by atoms with Gasteiger partial charge in [0.2, 0.25) is 0 Å². The molecule has 0 aromatic carbocycles. The smallest absolute Gasteiger partial charge is 0.313 e. The molecule has 4 fully saturated rings. The zero-order valence-corrected chi connectivity index (χ0v) is 16.3. The van der Waals surface area contributed by atoms with E-state index < -0.39 is 5.41 Å². The molecule has 5 rings (SSSR count). The van der Waals surface area contributed by atoms with Crippen LogP contribution in [0.1, 0.15) is 58.8 Å². The first kappa shape index (κ1) is 17.2. The van der Waals surface area contributed by atoms with E-state index in [1.165, 1.54) is 19.3 Å². The van der Waals surface area contributed by atoms with Crippen molar-refractivity contribution >= 4 is 5.97 Å². The summed E-state index contributed by atoms with van der Waals surface area (Å²) in [5.41, 5.74) is 1.54. The van der Waals surface area contributed by atoms with E-state index in [4.69, 9.17) is 4.74 Å². The molecule has 1 saturated heterocycles. The van der Waals surface area contributed by atoms with E-state index in [9.17, 15) is 9.90 Å². The molecule has 0 amide bonds. The topological polar surface area (TPSA) is 58.6 Å². The zero-order chi connectivity index (χ0) is 18.3. The minimum atomic E-state index is -0.399. The van der Waals surface area contributed by atoms with Gasteiger partial charge in [0, 0.05) is 12.0 Å². The van der Waals surface area contributed by atoms with Crippen LogP contribution in [-0.4, -0.2) is 36.4 Å². The quantitative estimate of drug-likeness (QED) is 0.558. The fourth-order valence-corrected chi connectivity index (χ4v) is 8.10. The van der Waals surface area contributed by atoms with Crippen molar-refractivity contribution in [1.82, 2.24) is 5.32 Å². The molecule has 1 spiro atoms. The van der Waals surface area contributed by atoms with Gasteiger partial charge in [-0.05, 0) is 82.1 Å². The van der Waals surface area contributed by atoms with Gasteiger partial charge in [-0.3, -0.25) is 4.79 Å². The summed E-state index contributed by atoms with van der Waals surface area (Å²) in [5, 5.41) is 14.3. The number of nitrogens with one attached hydrogen (secondary N) is 1. The highest BCUT2D eigenvalue weighted by Gasteiger charge is 2.70. The Hall–Kier alpha value is -0.870. The Kier molecular flexibility index (Phi) is 3.70. The van der Waals surface area contributed by atoms with E-state index in [-0.39, 0.29) is 29.5 Å². The summed E-state index contributed by atoms with van der Waals surface area (Å²) in [4.78, 5) is 12.9. The Bertz CT molecular complexity index is 660. The summed E-state index contributed by atoms with van der Waals surface area (Å²) in [6.45, 7) is 4.46. The highest BCUT2D eigenvalue weighted by molar-refractivity contribution is 5.81. The highest BCUT2D eigenvalue weighted by atomic mass is 16.6. The van der Waals surface area contributed by atoms with Crippen molar-refractivity contribution in [3.63, 3.8) is 0 Å². The third-order valence-corrected chi connectivity index (χ3v) is 9.32. The molecular weight excluding hydrogens is 326 g/mol. The van der Waals surface area contributed by atoms with E-state index in [0.717, 1.165) is 25.7 Å². The fourth-order valence-electron chi connectivity index (χ4n) is 8.10. The van der Waals surface area contributed by atoms with Gasteiger partial charge in [-0.25, -0.2) is 0 Å². The number of allylic oxidation sites excluding steroid dienone is 1. The molecule has 3 saturated carbocycles. The van der Waals surface area contributed by atoms with E-state index >= 15 is 0 Å². The SMILES string of the molecule is CNC1CCC2(C)C(=CCC3C2CCC24C(=O)OC(C)C2C(O)CC34)C1. The number of carbonyl (C=O) groups excluding carboxylic acids is 1. The van der Waals surface area contributed by atoms with Gasteiger partial charge in [0.15, 0.2) is 0 Å². The first-order valence-corrected chi connectivity index (χ1v) is 10.7. The molecule has 0 radical (unpaired) electrons. The van der Waals surface area contributed by atoms with Crippen molar-refractivity contribution in [3.8, 4) is 0 Å². The van der Waals surface area contributed by atoms with Crippen LogP contribution < -0.4 is 5.32 Å². The maximum atomic E-state index is 12.9. The second kappa shape index (κ2) is 5.57. The molecule has 4 heteroatoms. The summed E-state index contributed by atoms with van der Waals surface area (Å²) in [7, 11) is 2.08. The molecule has 2 N–H and O–H groups in total. The molecule has 1 aliphatic heterocycles. The number of ether oxygens (including phenoxy) is 1. The number of hydrogen-bond donors (Lipinski definition) is 2. The molecule has 0 bridgehead atoms. The van der Waals surface area contributed by atoms with Gasteiger partial charge in [0.25, 0.3) is 0 Å². The lowest BCUT2D eigenvalue weighted by molar-refractivity contribution is -0.156. The number of hydrogen-bond acceptors (Lipinski definition) is 4. The lowest BCUT2D eigenvalue weighted by Crippen LogP contribution is -2.53. The summed E-state index contributed by atoms with van der Waals surface area (Å²) in [6.07, 6.45) is 9.58. The predicted molar refractivity (Wildman–Crippen MR) is 99.3 cm³/mol. The standard InChI is InChI=1S/C22H33NO3/c1-12-19-18(24)11-17-15-5-4-13-10-14(23-3)6-8-21(13,2)16(15)7-9-22(17,19)20(25)26-12/h4,12,14-19,23-24H,5-11H2,1-3H3. The Morgan fingerprint density at radius 1 is 1.27 bits per heavy atom. The number of esters is 1. The van der Waals surface area contributed by atoms with E-state index in [1.54, 1.807) is 5.57 Å². The molecule has 26 heavy (non-hydrogen) atoms. The average Bonchev–Trinajstić information content (AvgIpc) is 3.06. The maximum Gasteiger partial charge on any atom is 0.313 e. The maximum absolute atomic E-state index is 12.9. The zero-order valence-electron chi connectivity index (χ0n) is 16.3. The molecule has 4 nitrogen and oxygen atoms in total. The summed E-state index contributed by atoms with van der Waals surface area (Å²) >= 11 is 0. The van der Waals surface area contributed by atoms with Gasteiger partial charge in [-0.1, -0.05) is 18.6 Å². The lowest BCUT2D eigenvalue weighted by atomic mass is 9.47. The molecule has 9 atom stereocenters. The van der Waals surface area contributed by atoms with Crippen LogP contribution in [0.2, 0.25) is 0 Å². The Morgan fingerprint density at radius 2 is 2.08 bits per heavy atom. The van der Waals surface area contributed by atoms with Crippen LogP contribution in [0.5, 0.6) is 0 Å². The van der Waals surface area contributed by atoms with Crippen molar-refractivity contribution in [1.29, 1.82) is 0 Å². The van der Waals surface area contributed by atoms with Crippen LogP contribution in [-0.2, 0) is 9.53 Å². The first-order chi connectivity index (χ1) is 12.4. The van der Waals surface area contributed by atoms with Gasteiger partial charge in [-0.15, -0.1) is 0 Å². The van der Waals surface area contributed by atoms with E-state index in [0.29, 0.717) is 23.8 Å². The lowest BCUT2D eigenvalue weighted by Gasteiger charge is -2.57. The first-order valence-electron chi connectivity index (χ1n) is 10.7. The molecule has 9 unspecified atom stereocenters. The number of rotatable bonds is 1. The van der Waals surface area contributed by atoms with Gasteiger partial charge in [-0.2, -0.15) is 0 Å². The van der Waals surface area contributed by atoms with Crippen LogP contribution >= 0.6 is 0 Å². The number of aliphatic hydroxyl groups is 1. The van der Waals surface area contributed by atoms with Crippen LogP contribution in [0.3, 0.4) is 0 Å². The van der Waals surface area contributed by atoms with Crippen LogP contribution in [0, 0.1) is 34.5 Å². The second-order valence-corrected chi connectivity index (χ2v) is 10.0. The van der Waals surface area contributed by atoms with Crippen molar-refractivity contribution in [2.24, 2.45) is 34.5 Å². The summed E-state index contributed by atoms with van der Waals surface area (Å²) in [5.74, 6) is 1.50. The number of fused-ring (bicyclic) bond motifs is 4. The third-order valence-electron chi connectivity index (χ3n) is 9.32. The van der Waals surface area contributed by atoms with Crippen molar-refractivity contribution in [2.75, 3.05) is 7.05 Å². The molecule has 144 valence electrons. The van der Waals surface area contributed by atoms with Gasteiger partial charge in [0.1, 0.15) is 6.10 Å². The average molecular weight is 360 g/mol. The van der Waals surface area contributed by atoms with E-state index in [2.05, 4.69) is 25.4 Å². The molecular formula is C22H33NO3. The highest BCUT2D eigenvalue weighted by Crippen LogP contribution is 2.68. The predicted octanol–water partition coefficient (Wildman–Crippen LogP) is 3.05. The third kappa shape index (κ3) is 1.95. The second-order valence-electron chi connectivity index (χ2n) is 10.0.